The van der Waals surface area contributed by atoms with E-state index in [2.05, 4.69) is 94.2 Å². The fourth-order valence-electron chi connectivity index (χ4n) is 7.15. The van der Waals surface area contributed by atoms with Crippen LogP contribution in [0.3, 0.4) is 0 Å². The van der Waals surface area contributed by atoms with Crippen LogP contribution in [0.4, 0.5) is 0 Å². The molecule has 56 heavy (non-hydrogen) atoms. The first-order valence-electron chi connectivity index (χ1n) is 21.2. The summed E-state index contributed by atoms with van der Waals surface area (Å²) in [6.07, 6.45) is 30.1. The number of aromatic nitrogens is 2. The summed E-state index contributed by atoms with van der Waals surface area (Å²) in [6, 6.07) is 18.3. The third-order valence-corrected chi connectivity index (χ3v) is 18.8. The summed E-state index contributed by atoms with van der Waals surface area (Å²) in [5.74, 6) is 0. The molecule has 0 fully saturated rings. The highest BCUT2D eigenvalue weighted by Crippen LogP contribution is 2.47. The zero-order chi connectivity index (χ0) is 39.0. The standard InChI is InChI=1S/C46H58Br2N2S6/c1-3-5-7-9-11-13-15-17-19-21-23-33-25-27-35(51-33)37-29-31-39(53-37)41-43(47)55-45(49-41)46-50-42(44(48)56-46)40-32-30-38(54-40)36-28-26-34(52-36)24-22-20-18-16-14-12-10-8-6-4-2/h25-32H,3-24H2,1-2H3. The van der Waals surface area contributed by atoms with E-state index in [1.165, 1.54) is 180 Å². The Labute approximate surface area is 377 Å². The molecule has 0 amide bonds. The van der Waals surface area contributed by atoms with Crippen molar-refractivity contribution in [3.63, 3.8) is 0 Å². The van der Waals surface area contributed by atoms with Crippen molar-refractivity contribution >= 4 is 99.9 Å². The fourth-order valence-corrected chi connectivity index (χ4v) is 15.0. The Hall–Kier alpha value is -0.980. The lowest BCUT2D eigenvalue weighted by Gasteiger charge is -2.02. The highest BCUT2D eigenvalue weighted by molar-refractivity contribution is 9.11. The van der Waals surface area contributed by atoms with E-state index in [-0.39, 0.29) is 0 Å². The van der Waals surface area contributed by atoms with Gasteiger partial charge in [0.2, 0.25) is 0 Å². The maximum absolute atomic E-state index is 5.13. The molecule has 0 aromatic carbocycles. The third kappa shape index (κ3) is 13.5. The van der Waals surface area contributed by atoms with Crippen LogP contribution in [0, 0.1) is 0 Å². The molecule has 0 N–H and O–H groups in total. The smallest absolute Gasteiger partial charge is 0.154 e. The molecular formula is C46H58Br2N2S6. The van der Waals surface area contributed by atoms with Crippen molar-refractivity contribution in [3.05, 3.63) is 65.9 Å². The average molecular weight is 991 g/mol. The summed E-state index contributed by atoms with van der Waals surface area (Å²) in [5.41, 5.74) is 2.03. The van der Waals surface area contributed by atoms with Crippen molar-refractivity contribution in [1.82, 2.24) is 9.97 Å². The van der Waals surface area contributed by atoms with Gasteiger partial charge in [0.05, 0.1) is 17.3 Å². The summed E-state index contributed by atoms with van der Waals surface area (Å²) < 4.78 is 2.12. The first-order valence-corrected chi connectivity index (χ1v) is 27.7. The van der Waals surface area contributed by atoms with E-state index in [1.54, 1.807) is 22.7 Å². The molecule has 6 aromatic rings. The minimum atomic E-state index is 0.959. The summed E-state index contributed by atoms with van der Waals surface area (Å²) >= 11 is 18.7. The molecule has 0 saturated heterocycles. The fraction of sp³-hybridized carbons (Fsp3) is 0.522. The molecule has 0 spiro atoms. The van der Waals surface area contributed by atoms with Gasteiger partial charge in [-0.05, 0) is 106 Å². The van der Waals surface area contributed by atoms with Crippen LogP contribution in [0.5, 0.6) is 0 Å². The van der Waals surface area contributed by atoms with Crippen LogP contribution >= 0.6 is 99.9 Å². The van der Waals surface area contributed by atoms with E-state index in [9.17, 15) is 0 Å². The monoisotopic (exact) mass is 988 g/mol. The molecule has 302 valence electrons. The van der Waals surface area contributed by atoms with Crippen molar-refractivity contribution in [2.24, 2.45) is 0 Å². The Kier molecular flexibility index (Phi) is 19.4. The predicted molar refractivity (Wildman–Crippen MR) is 263 cm³/mol. The Bertz CT molecular complexity index is 1860. The molecule has 0 atom stereocenters. The molecule has 0 aliphatic carbocycles. The minimum Gasteiger partial charge on any atom is -0.231 e. The number of aryl methyl sites for hydroxylation is 2. The van der Waals surface area contributed by atoms with E-state index in [1.807, 2.05) is 45.3 Å². The zero-order valence-electron chi connectivity index (χ0n) is 33.3. The van der Waals surface area contributed by atoms with Crippen LogP contribution in [0.2, 0.25) is 0 Å². The molecule has 0 unspecified atom stereocenters. The third-order valence-electron chi connectivity index (χ3n) is 10.4. The van der Waals surface area contributed by atoms with Gasteiger partial charge in [-0.3, -0.25) is 0 Å². The van der Waals surface area contributed by atoms with E-state index in [4.69, 9.17) is 9.97 Å². The van der Waals surface area contributed by atoms with Gasteiger partial charge in [-0.25, -0.2) is 9.97 Å². The van der Waals surface area contributed by atoms with Crippen LogP contribution in [0.15, 0.2) is 56.1 Å². The number of hydrogen-bond acceptors (Lipinski definition) is 8. The second-order valence-electron chi connectivity index (χ2n) is 15.0. The molecule has 0 aliphatic heterocycles. The van der Waals surface area contributed by atoms with E-state index >= 15 is 0 Å². The number of thiophene rings is 4. The number of rotatable bonds is 27. The number of thiazole rings is 2. The predicted octanol–water partition coefficient (Wildman–Crippen LogP) is 19.6. The molecule has 10 heteroatoms. The molecule has 6 rings (SSSR count). The van der Waals surface area contributed by atoms with Gasteiger partial charge in [0.15, 0.2) is 10.0 Å². The van der Waals surface area contributed by atoms with Crippen LogP contribution in [0.1, 0.15) is 152 Å². The Morgan fingerprint density at radius 2 is 0.661 bits per heavy atom. The van der Waals surface area contributed by atoms with Gasteiger partial charge in [0.1, 0.15) is 11.4 Å². The van der Waals surface area contributed by atoms with Gasteiger partial charge in [-0.15, -0.1) is 68.0 Å². The van der Waals surface area contributed by atoms with E-state index in [0.29, 0.717) is 0 Å². The summed E-state index contributed by atoms with van der Waals surface area (Å²) in [4.78, 5) is 21.1. The molecule has 0 saturated carbocycles. The quantitative estimate of drug-likeness (QED) is 0.0481. The molecule has 0 bridgehead atoms. The molecule has 6 aromatic heterocycles. The average Bonchev–Trinajstić information content (AvgIpc) is 4.05. The number of hydrogen-bond donors (Lipinski definition) is 0. The number of nitrogens with zero attached hydrogens (tertiary/aromatic N) is 2. The van der Waals surface area contributed by atoms with Gasteiger partial charge in [-0.2, -0.15) is 0 Å². The maximum atomic E-state index is 5.13. The lowest BCUT2D eigenvalue weighted by atomic mass is 10.1. The van der Waals surface area contributed by atoms with E-state index < -0.39 is 0 Å². The van der Waals surface area contributed by atoms with Crippen molar-refractivity contribution in [3.8, 4) is 50.7 Å². The maximum Gasteiger partial charge on any atom is 0.154 e. The summed E-state index contributed by atoms with van der Waals surface area (Å²) in [5, 5.41) is 1.92. The zero-order valence-corrected chi connectivity index (χ0v) is 41.3. The van der Waals surface area contributed by atoms with Crippen molar-refractivity contribution in [1.29, 1.82) is 0 Å². The molecule has 0 aliphatic rings. The highest BCUT2D eigenvalue weighted by Gasteiger charge is 2.21. The van der Waals surface area contributed by atoms with Gasteiger partial charge < -0.3 is 0 Å². The Morgan fingerprint density at radius 1 is 0.357 bits per heavy atom. The second-order valence-corrected chi connectivity index (χ2v) is 24.1. The van der Waals surface area contributed by atoms with Crippen molar-refractivity contribution in [2.75, 3.05) is 0 Å². The summed E-state index contributed by atoms with van der Waals surface area (Å²) in [6.45, 7) is 4.59. The molecule has 0 radical (unpaired) electrons. The van der Waals surface area contributed by atoms with Crippen LogP contribution in [-0.4, -0.2) is 9.97 Å². The van der Waals surface area contributed by atoms with Gasteiger partial charge in [0, 0.05) is 29.3 Å². The Balaban J connectivity index is 0.976. The van der Waals surface area contributed by atoms with Gasteiger partial charge in [-0.1, -0.05) is 129 Å². The van der Waals surface area contributed by atoms with Crippen LogP contribution in [0.25, 0.3) is 50.7 Å². The number of unbranched alkanes of at least 4 members (excludes halogenated alkanes) is 18. The van der Waals surface area contributed by atoms with Crippen molar-refractivity contribution in [2.45, 2.75) is 155 Å². The molecule has 6 heterocycles. The van der Waals surface area contributed by atoms with Crippen LogP contribution < -0.4 is 0 Å². The van der Waals surface area contributed by atoms with E-state index in [0.717, 1.165) is 29.0 Å². The minimum absolute atomic E-state index is 0.959. The highest BCUT2D eigenvalue weighted by atomic mass is 79.9. The number of halogens is 2. The molecule has 2 nitrogen and oxygen atoms in total. The van der Waals surface area contributed by atoms with Crippen molar-refractivity contribution < 1.29 is 0 Å². The normalized spacial score (nSPS) is 11.7. The van der Waals surface area contributed by atoms with Gasteiger partial charge in [0.25, 0.3) is 0 Å². The topological polar surface area (TPSA) is 25.8 Å². The Morgan fingerprint density at radius 3 is 1.04 bits per heavy atom. The summed E-state index contributed by atoms with van der Waals surface area (Å²) in [7, 11) is 0. The van der Waals surface area contributed by atoms with Crippen LogP contribution in [-0.2, 0) is 12.8 Å². The molecular weight excluding hydrogens is 933 g/mol. The largest absolute Gasteiger partial charge is 0.231 e. The first-order chi connectivity index (χ1) is 27.5. The second kappa shape index (κ2) is 24.3. The SMILES string of the molecule is CCCCCCCCCCCCc1ccc(-c2ccc(-c3nc(-c4nc(-c5ccc(-c6ccc(CCCCCCCCCCCC)s6)s5)c(Br)s4)sc3Br)s2)s1. The first kappa shape index (κ1) is 44.6. The lowest BCUT2D eigenvalue weighted by Crippen LogP contribution is -1.84. The van der Waals surface area contributed by atoms with Gasteiger partial charge >= 0.3 is 0 Å². The lowest BCUT2D eigenvalue weighted by molar-refractivity contribution is 0.557.